The van der Waals surface area contributed by atoms with Gasteiger partial charge in [-0.15, -0.1) is 11.3 Å². The first-order chi connectivity index (χ1) is 10.4. The van der Waals surface area contributed by atoms with Crippen LogP contribution in [0, 0.1) is 0 Å². The van der Waals surface area contributed by atoms with Gasteiger partial charge in [-0.3, -0.25) is 4.99 Å². The molecule has 0 saturated heterocycles. The van der Waals surface area contributed by atoms with Crippen LogP contribution in [0.1, 0.15) is 37.5 Å². The highest BCUT2D eigenvalue weighted by Gasteiger charge is 2.07. The van der Waals surface area contributed by atoms with E-state index in [0.29, 0.717) is 0 Å². The number of nitrogens with zero attached hydrogens (tertiary/aromatic N) is 2. The van der Waals surface area contributed by atoms with Gasteiger partial charge in [0, 0.05) is 16.5 Å². The van der Waals surface area contributed by atoms with E-state index in [2.05, 4.69) is 43.1 Å². The second kappa shape index (κ2) is 6.67. The van der Waals surface area contributed by atoms with Gasteiger partial charge >= 0.3 is 0 Å². The van der Waals surface area contributed by atoms with Crippen LogP contribution in [-0.2, 0) is 0 Å². The molecule has 112 valence electrons. The van der Waals surface area contributed by atoms with Gasteiger partial charge in [0.1, 0.15) is 0 Å². The summed E-state index contributed by atoms with van der Waals surface area (Å²) in [6.45, 7) is 17.7. The fourth-order valence-electron chi connectivity index (χ4n) is 2.06. The normalized spacial score (nSPS) is 11.3. The molecule has 0 unspecified atom stereocenters. The summed E-state index contributed by atoms with van der Waals surface area (Å²) < 4.78 is 0. The average molecular weight is 308 g/mol. The Morgan fingerprint density at radius 3 is 1.86 bits per heavy atom. The fraction of sp³-hybridized carbons (Fsp3) is 0.158. The summed E-state index contributed by atoms with van der Waals surface area (Å²) in [5.74, 6) is 0. The lowest BCUT2D eigenvalue weighted by molar-refractivity contribution is 1.45. The molecule has 22 heavy (non-hydrogen) atoms. The van der Waals surface area contributed by atoms with Crippen LogP contribution in [0.2, 0.25) is 0 Å². The first kappa shape index (κ1) is 16.1. The Labute approximate surface area is 136 Å². The topological polar surface area (TPSA) is 24.7 Å². The summed E-state index contributed by atoms with van der Waals surface area (Å²) in [5.41, 5.74) is 7.96. The van der Waals surface area contributed by atoms with Crippen LogP contribution in [-0.4, -0.2) is 12.4 Å². The SMILES string of the molecule is C=Nc1cscc1N=C(C)c1cc(C(=C)C)cc(C(=C)C)c1. The molecule has 1 aromatic heterocycles. The number of thiophene rings is 1. The summed E-state index contributed by atoms with van der Waals surface area (Å²) in [6, 6.07) is 6.34. The van der Waals surface area contributed by atoms with Crippen molar-refractivity contribution in [3.8, 4) is 0 Å². The number of allylic oxidation sites excluding steroid dienone is 2. The first-order valence-corrected chi connectivity index (χ1v) is 7.92. The average Bonchev–Trinajstić information content (AvgIpc) is 2.93. The molecule has 1 aromatic carbocycles. The Balaban J connectivity index is 2.53. The molecular weight excluding hydrogens is 288 g/mol. The number of hydrogen-bond acceptors (Lipinski definition) is 3. The monoisotopic (exact) mass is 308 g/mol. The number of aliphatic imine (C=N–C) groups is 2. The molecule has 0 aliphatic heterocycles. The minimum Gasteiger partial charge on any atom is -0.262 e. The zero-order chi connectivity index (χ0) is 16.3. The maximum atomic E-state index is 4.69. The molecule has 0 spiro atoms. The molecule has 1 heterocycles. The van der Waals surface area contributed by atoms with Gasteiger partial charge in [-0.25, -0.2) is 4.99 Å². The zero-order valence-corrected chi connectivity index (χ0v) is 14.1. The van der Waals surface area contributed by atoms with Crippen LogP contribution < -0.4 is 0 Å². The summed E-state index contributed by atoms with van der Waals surface area (Å²) in [6.07, 6.45) is 0. The highest BCUT2D eigenvalue weighted by Crippen LogP contribution is 2.32. The predicted octanol–water partition coefficient (Wildman–Crippen LogP) is 6.29. The van der Waals surface area contributed by atoms with E-state index >= 15 is 0 Å². The molecule has 2 rings (SSSR count). The predicted molar refractivity (Wildman–Crippen MR) is 101 cm³/mol. The van der Waals surface area contributed by atoms with Gasteiger partial charge in [0.25, 0.3) is 0 Å². The van der Waals surface area contributed by atoms with Crippen LogP contribution in [0.4, 0.5) is 11.4 Å². The van der Waals surface area contributed by atoms with Crippen molar-refractivity contribution >= 4 is 46.3 Å². The molecule has 0 fully saturated rings. The molecule has 0 aliphatic rings. The van der Waals surface area contributed by atoms with Gasteiger partial charge in [0.05, 0.1) is 11.4 Å². The molecular formula is C19H20N2S. The Bertz CT molecular complexity index is 746. The maximum absolute atomic E-state index is 4.69. The van der Waals surface area contributed by atoms with Crippen LogP contribution in [0.25, 0.3) is 11.1 Å². The molecule has 0 N–H and O–H groups in total. The third-order valence-electron chi connectivity index (χ3n) is 3.42. The largest absolute Gasteiger partial charge is 0.262 e. The maximum Gasteiger partial charge on any atom is 0.0996 e. The summed E-state index contributed by atoms with van der Waals surface area (Å²) in [5, 5.41) is 3.93. The molecule has 0 bridgehead atoms. The molecule has 0 saturated carbocycles. The van der Waals surface area contributed by atoms with Crippen LogP contribution >= 0.6 is 11.3 Å². The smallest absolute Gasteiger partial charge is 0.0996 e. The van der Waals surface area contributed by atoms with E-state index in [4.69, 9.17) is 4.99 Å². The second-order valence-electron chi connectivity index (χ2n) is 5.36. The zero-order valence-electron chi connectivity index (χ0n) is 13.3. The van der Waals surface area contributed by atoms with E-state index in [1.165, 1.54) is 0 Å². The Morgan fingerprint density at radius 2 is 1.36 bits per heavy atom. The molecule has 2 aromatic rings. The van der Waals surface area contributed by atoms with E-state index < -0.39 is 0 Å². The highest BCUT2D eigenvalue weighted by molar-refractivity contribution is 7.08. The van der Waals surface area contributed by atoms with Crippen LogP contribution in [0.15, 0.2) is 52.1 Å². The summed E-state index contributed by atoms with van der Waals surface area (Å²) in [4.78, 5) is 8.69. The third-order valence-corrected chi connectivity index (χ3v) is 4.14. The summed E-state index contributed by atoms with van der Waals surface area (Å²) >= 11 is 1.58. The van der Waals surface area contributed by atoms with Crippen LogP contribution in [0.3, 0.4) is 0 Å². The molecule has 0 radical (unpaired) electrons. The molecule has 0 atom stereocenters. The van der Waals surface area contributed by atoms with E-state index in [0.717, 1.165) is 44.9 Å². The van der Waals surface area contributed by atoms with Crippen molar-refractivity contribution in [3.05, 3.63) is 58.8 Å². The molecule has 0 amide bonds. The lowest BCUT2D eigenvalue weighted by Gasteiger charge is -2.10. The lowest BCUT2D eigenvalue weighted by Crippen LogP contribution is -1.97. The minimum atomic E-state index is 0.820. The standard InChI is InChI=1S/C19H20N2S/c1-12(2)15-7-16(13(3)4)9-17(8-15)14(5)21-19-11-22-10-18(19)20-6/h7-11H,1,3,6H2,2,4-5H3. The first-order valence-electron chi connectivity index (χ1n) is 6.97. The highest BCUT2D eigenvalue weighted by atomic mass is 32.1. The van der Waals surface area contributed by atoms with E-state index in [1.54, 1.807) is 11.3 Å². The molecule has 2 nitrogen and oxygen atoms in total. The van der Waals surface area contributed by atoms with Gasteiger partial charge in [-0.1, -0.05) is 24.3 Å². The Hall–Kier alpha value is -2.26. The van der Waals surface area contributed by atoms with Crippen molar-refractivity contribution in [1.82, 2.24) is 0 Å². The van der Waals surface area contributed by atoms with Gasteiger partial charge in [0.2, 0.25) is 0 Å². The summed E-state index contributed by atoms with van der Waals surface area (Å²) in [7, 11) is 0. The Kier molecular flexibility index (Phi) is 4.88. The molecule has 3 heteroatoms. The van der Waals surface area contributed by atoms with Gasteiger partial charge < -0.3 is 0 Å². The van der Waals surface area contributed by atoms with Crippen molar-refractivity contribution in [2.75, 3.05) is 0 Å². The second-order valence-corrected chi connectivity index (χ2v) is 6.10. The molecule has 0 aliphatic carbocycles. The van der Waals surface area contributed by atoms with Crippen molar-refractivity contribution in [2.45, 2.75) is 20.8 Å². The Morgan fingerprint density at radius 1 is 0.864 bits per heavy atom. The van der Waals surface area contributed by atoms with Gasteiger partial charge in [0.15, 0.2) is 0 Å². The number of benzene rings is 1. The van der Waals surface area contributed by atoms with E-state index in [-0.39, 0.29) is 0 Å². The lowest BCUT2D eigenvalue weighted by atomic mass is 9.96. The van der Waals surface area contributed by atoms with Crippen molar-refractivity contribution in [1.29, 1.82) is 0 Å². The quantitative estimate of drug-likeness (QED) is 0.580. The van der Waals surface area contributed by atoms with Crippen LogP contribution in [0.5, 0.6) is 0 Å². The van der Waals surface area contributed by atoms with Crippen molar-refractivity contribution in [3.63, 3.8) is 0 Å². The van der Waals surface area contributed by atoms with E-state index in [1.807, 2.05) is 31.5 Å². The number of hydrogen-bond donors (Lipinski definition) is 0. The van der Waals surface area contributed by atoms with E-state index in [9.17, 15) is 0 Å². The van der Waals surface area contributed by atoms with Crippen molar-refractivity contribution in [2.24, 2.45) is 9.98 Å². The van der Waals surface area contributed by atoms with Crippen molar-refractivity contribution < 1.29 is 0 Å². The van der Waals surface area contributed by atoms with Gasteiger partial charge in [-0.05, 0) is 62.4 Å². The number of rotatable bonds is 5. The fourth-order valence-corrected chi connectivity index (χ4v) is 2.75. The van der Waals surface area contributed by atoms with Gasteiger partial charge in [-0.2, -0.15) is 0 Å². The minimum absolute atomic E-state index is 0.820. The third kappa shape index (κ3) is 3.49.